The van der Waals surface area contributed by atoms with Crippen LogP contribution in [0.2, 0.25) is 0 Å². The maximum absolute atomic E-state index is 4.61. The van der Waals surface area contributed by atoms with Gasteiger partial charge < -0.3 is 9.97 Å². The van der Waals surface area contributed by atoms with Crippen LogP contribution in [0.5, 0.6) is 0 Å². The Bertz CT molecular complexity index is 852. The highest BCUT2D eigenvalue weighted by molar-refractivity contribution is 5.82. The van der Waals surface area contributed by atoms with Gasteiger partial charge in [-0.15, -0.1) is 0 Å². The summed E-state index contributed by atoms with van der Waals surface area (Å²) in [4.78, 5) is 15.8. The lowest BCUT2D eigenvalue weighted by atomic mass is 10.2. The van der Waals surface area contributed by atoms with Gasteiger partial charge in [-0.05, 0) is 49.2 Å². The molecule has 0 aliphatic heterocycles. The van der Waals surface area contributed by atoms with Gasteiger partial charge in [-0.2, -0.15) is 0 Å². The zero-order valence-electron chi connectivity index (χ0n) is 11.4. The second kappa shape index (κ2) is 3.93. The fraction of sp³-hybridized carbons (Fsp3) is 0.125. The standard InChI is InChI=1S/C16H14N4/c1-9-3-5-11-13(7-9)19-15(17-11)16-18-12-6-4-10(2)8-14(12)20-16/h3-8H,1-2H3,(H,17,19)(H,18,20). The molecule has 0 bridgehead atoms. The number of aromatic nitrogens is 4. The molecule has 0 unspecified atom stereocenters. The van der Waals surface area contributed by atoms with Gasteiger partial charge in [0.25, 0.3) is 0 Å². The van der Waals surface area contributed by atoms with Crippen LogP contribution < -0.4 is 0 Å². The molecule has 2 aromatic heterocycles. The molecule has 4 aromatic rings. The minimum absolute atomic E-state index is 0.777. The van der Waals surface area contributed by atoms with E-state index in [4.69, 9.17) is 0 Å². The van der Waals surface area contributed by atoms with Crippen molar-refractivity contribution >= 4 is 22.1 Å². The summed E-state index contributed by atoms with van der Waals surface area (Å²) in [6.45, 7) is 4.13. The Morgan fingerprint density at radius 2 is 1.15 bits per heavy atom. The smallest absolute Gasteiger partial charge is 0.174 e. The van der Waals surface area contributed by atoms with Crippen molar-refractivity contribution < 1.29 is 0 Å². The predicted octanol–water partition coefficient (Wildman–Crippen LogP) is 3.72. The van der Waals surface area contributed by atoms with Crippen LogP contribution in [0.4, 0.5) is 0 Å². The maximum atomic E-state index is 4.61. The van der Waals surface area contributed by atoms with Gasteiger partial charge in [0.05, 0.1) is 22.1 Å². The lowest BCUT2D eigenvalue weighted by Crippen LogP contribution is -1.81. The molecule has 0 atom stereocenters. The summed E-state index contributed by atoms with van der Waals surface area (Å²) in [6, 6.07) is 12.4. The maximum Gasteiger partial charge on any atom is 0.174 e. The molecule has 0 amide bonds. The normalized spacial score (nSPS) is 11.5. The zero-order chi connectivity index (χ0) is 13.7. The molecule has 98 valence electrons. The molecule has 0 fully saturated rings. The van der Waals surface area contributed by atoms with E-state index in [1.54, 1.807) is 0 Å². The van der Waals surface area contributed by atoms with Crippen LogP contribution in [0, 0.1) is 13.8 Å². The van der Waals surface area contributed by atoms with Crippen LogP contribution in [0.1, 0.15) is 11.1 Å². The summed E-state index contributed by atoms with van der Waals surface area (Å²) in [5.74, 6) is 1.55. The number of hydrogen-bond donors (Lipinski definition) is 2. The molecule has 0 saturated carbocycles. The van der Waals surface area contributed by atoms with Crippen LogP contribution in [-0.2, 0) is 0 Å². The van der Waals surface area contributed by atoms with Gasteiger partial charge >= 0.3 is 0 Å². The van der Waals surface area contributed by atoms with Crippen LogP contribution >= 0.6 is 0 Å². The second-order valence-electron chi connectivity index (χ2n) is 5.21. The van der Waals surface area contributed by atoms with Crippen molar-refractivity contribution in [3.63, 3.8) is 0 Å². The zero-order valence-corrected chi connectivity index (χ0v) is 11.4. The van der Waals surface area contributed by atoms with E-state index in [1.807, 2.05) is 12.1 Å². The number of fused-ring (bicyclic) bond motifs is 2. The van der Waals surface area contributed by atoms with Gasteiger partial charge in [0.2, 0.25) is 0 Å². The Morgan fingerprint density at radius 3 is 1.60 bits per heavy atom. The lowest BCUT2D eigenvalue weighted by molar-refractivity contribution is 1.22. The minimum Gasteiger partial charge on any atom is -0.335 e. The molecule has 4 rings (SSSR count). The van der Waals surface area contributed by atoms with E-state index in [2.05, 4.69) is 58.0 Å². The molecule has 2 N–H and O–H groups in total. The van der Waals surface area contributed by atoms with E-state index in [0.29, 0.717) is 0 Å². The number of aromatic amines is 2. The first-order valence-electron chi connectivity index (χ1n) is 6.62. The topological polar surface area (TPSA) is 57.4 Å². The molecule has 2 aromatic carbocycles. The molecule has 0 aliphatic rings. The Morgan fingerprint density at radius 1 is 0.700 bits per heavy atom. The molecule has 0 saturated heterocycles. The SMILES string of the molecule is Cc1ccc2[nH]c(-c3nc4cc(C)ccc4[nH]3)nc2c1. The number of imidazole rings is 2. The van der Waals surface area contributed by atoms with E-state index in [1.165, 1.54) is 11.1 Å². The number of benzene rings is 2. The van der Waals surface area contributed by atoms with Crippen molar-refractivity contribution in [2.24, 2.45) is 0 Å². The lowest BCUT2D eigenvalue weighted by Gasteiger charge is -1.89. The molecule has 4 heteroatoms. The molecule has 0 spiro atoms. The van der Waals surface area contributed by atoms with Crippen LogP contribution in [0.3, 0.4) is 0 Å². The summed E-state index contributed by atoms with van der Waals surface area (Å²) in [7, 11) is 0. The number of H-pyrrole nitrogens is 2. The van der Waals surface area contributed by atoms with E-state index < -0.39 is 0 Å². The van der Waals surface area contributed by atoms with Gasteiger partial charge in [0.15, 0.2) is 11.6 Å². The number of aryl methyl sites for hydroxylation is 2. The van der Waals surface area contributed by atoms with Crippen molar-refractivity contribution in [3.05, 3.63) is 47.5 Å². The Balaban J connectivity index is 1.91. The summed E-state index contributed by atoms with van der Waals surface area (Å²) in [5, 5.41) is 0. The molecule has 0 aliphatic carbocycles. The summed E-state index contributed by atoms with van der Waals surface area (Å²) in [5.41, 5.74) is 6.41. The average molecular weight is 262 g/mol. The molecule has 20 heavy (non-hydrogen) atoms. The average Bonchev–Trinajstić information content (AvgIpc) is 3.00. The van der Waals surface area contributed by atoms with Gasteiger partial charge in [-0.1, -0.05) is 12.1 Å². The van der Waals surface area contributed by atoms with Crippen molar-refractivity contribution in [2.45, 2.75) is 13.8 Å². The third kappa shape index (κ3) is 1.69. The highest BCUT2D eigenvalue weighted by atomic mass is 15.0. The third-order valence-corrected chi connectivity index (χ3v) is 3.50. The van der Waals surface area contributed by atoms with Gasteiger partial charge in [-0.3, -0.25) is 0 Å². The van der Waals surface area contributed by atoms with Crippen molar-refractivity contribution in [2.75, 3.05) is 0 Å². The fourth-order valence-corrected chi connectivity index (χ4v) is 2.46. The molecule has 2 heterocycles. The first kappa shape index (κ1) is 11.2. The van der Waals surface area contributed by atoms with Crippen molar-refractivity contribution in [1.29, 1.82) is 0 Å². The quantitative estimate of drug-likeness (QED) is 0.549. The minimum atomic E-state index is 0.777. The largest absolute Gasteiger partial charge is 0.335 e. The predicted molar refractivity (Wildman–Crippen MR) is 80.7 cm³/mol. The molecular weight excluding hydrogens is 248 g/mol. The van der Waals surface area contributed by atoms with Crippen molar-refractivity contribution in [1.82, 2.24) is 19.9 Å². The molecule has 0 radical (unpaired) electrons. The van der Waals surface area contributed by atoms with E-state index in [9.17, 15) is 0 Å². The number of nitrogens with zero attached hydrogens (tertiary/aromatic N) is 2. The third-order valence-electron chi connectivity index (χ3n) is 3.50. The monoisotopic (exact) mass is 262 g/mol. The second-order valence-corrected chi connectivity index (χ2v) is 5.21. The van der Waals surface area contributed by atoms with Gasteiger partial charge in [0.1, 0.15) is 0 Å². The van der Waals surface area contributed by atoms with Gasteiger partial charge in [-0.25, -0.2) is 9.97 Å². The Hall–Kier alpha value is -2.62. The van der Waals surface area contributed by atoms with Crippen molar-refractivity contribution in [3.8, 4) is 11.6 Å². The first-order chi connectivity index (χ1) is 9.69. The van der Waals surface area contributed by atoms with E-state index >= 15 is 0 Å². The summed E-state index contributed by atoms with van der Waals surface area (Å²) in [6.07, 6.45) is 0. The Kier molecular flexibility index (Phi) is 2.21. The number of hydrogen-bond acceptors (Lipinski definition) is 2. The number of nitrogens with one attached hydrogen (secondary N) is 2. The van der Waals surface area contributed by atoms with E-state index in [-0.39, 0.29) is 0 Å². The van der Waals surface area contributed by atoms with E-state index in [0.717, 1.165) is 33.7 Å². The van der Waals surface area contributed by atoms with Crippen LogP contribution in [-0.4, -0.2) is 19.9 Å². The number of rotatable bonds is 1. The summed E-state index contributed by atoms with van der Waals surface area (Å²) < 4.78 is 0. The van der Waals surface area contributed by atoms with Crippen LogP contribution in [0.25, 0.3) is 33.7 Å². The summed E-state index contributed by atoms with van der Waals surface area (Å²) >= 11 is 0. The van der Waals surface area contributed by atoms with Gasteiger partial charge in [0, 0.05) is 0 Å². The molecule has 4 nitrogen and oxygen atoms in total. The Labute approximate surface area is 115 Å². The first-order valence-corrected chi connectivity index (χ1v) is 6.62. The highest BCUT2D eigenvalue weighted by Gasteiger charge is 2.10. The molecular formula is C16H14N4. The highest BCUT2D eigenvalue weighted by Crippen LogP contribution is 2.22. The fourth-order valence-electron chi connectivity index (χ4n) is 2.46. The van der Waals surface area contributed by atoms with Crippen LogP contribution in [0.15, 0.2) is 36.4 Å².